The zero-order valence-corrected chi connectivity index (χ0v) is 19.8. The summed E-state index contributed by atoms with van der Waals surface area (Å²) in [5, 5.41) is 20.1. The highest BCUT2D eigenvalue weighted by atomic mass is 16.6. The molecule has 10 heteroatoms. The number of nitro groups is 1. The topological polar surface area (TPSA) is 132 Å². The molecule has 1 saturated carbocycles. The van der Waals surface area contributed by atoms with Gasteiger partial charge in [-0.25, -0.2) is 0 Å². The number of hydrogen-bond acceptors (Lipinski definition) is 7. The molecule has 1 fully saturated rings. The number of carbonyl (C=O) groups excluding carboxylic acids is 2. The summed E-state index contributed by atoms with van der Waals surface area (Å²) in [5.41, 5.74) is 0.369. The molecule has 1 aliphatic carbocycles. The Kier molecular flexibility index (Phi) is 7.50. The molecular weight excluding hydrogens is 452 g/mol. The first-order chi connectivity index (χ1) is 16.8. The quantitative estimate of drug-likeness (QED) is 0.402. The molecule has 2 aromatic carbocycles. The number of hydrogen-bond donors (Lipinski definition) is 3. The van der Waals surface area contributed by atoms with Crippen molar-refractivity contribution >= 4 is 28.9 Å². The lowest BCUT2D eigenvalue weighted by atomic mass is 9.78. The summed E-state index contributed by atoms with van der Waals surface area (Å²) in [7, 11) is 0. The number of nitro benzene ring substituents is 1. The van der Waals surface area contributed by atoms with Gasteiger partial charge >= 0.3 is 0 Å². The van der Waals surface area contributed by atoms with Crippen molar-refractivity contribution in [1.82, 2.24) is 5.32 Å². The minimum atomic E-state index is -0.594. The molecule has 35 heavy (non-hydrogen) atoms. The zero-order valence-electron chi connectivity index (χ0n) is 19.8. The normalized spacial score (nSPS) is 21.1. The van der Waals surface area contributed by atoms with E-state index in [2.05, 4.69) is 29.8 Å². The molecule has 0 radical (unpaired) electrons. The molecular formula is C25H30N4O6. The van der Waals surface area contributed by atoms with Crippen molar-refractivity contribution in [3.05, 3.63) is 52.1 Å². The van der Waals surface area contributed by atoms with Crippen molar-refractivity contribution < 1.29 is 24.0 Å². The summed E-state index contributed by atoms with van der Waals surface area (Å²) in [6, 6.07) is 8.99. The molecule has 1 aliphatic heterocycles. The average Bonchev–Trinajstić information content (AvgIpc) is 2.85. The van der Waals surface area contributed by atoms with E-state index in [0.29, 0.717) is 42.2 Å². The van der Waals surface area contributed by atoms with E-state index in [1.807, 2.05) is 0 Å². The monoisotopic (exact) mass is 482 g/mol. The Morgan fingerprint density at radius 1 is 1.03 bits per heavy atom. The van der Waals surface area contributed by atoms with Crippen LogP contribution in [-0.4, -0.2) is 42.5 Å². The van der Waals surface area contributed by atoms with E-state index in [0.717, 1.165) is 18.9 Å². The molecule has 0 spiro atoms. The number of carbonyl (C=O) groups is 2. The molecule has 2 amide bonds. The number of nitrogens with zero attached hydrogens (tertiary/aromatic N) is 1. The van der Waals surface area contributed by atoms with Gasteiger partial charge in [-0.2, -0.15) is 0 Å². The molecule has 0 aromatic heterocycles. The molecule has 3 N–H and O–H groups in total. The maximum Gasteiger partial charge on any atom is 0.270 e. The van der Waals surface area contributed by atoms with Crippen LogP contribution in [0.5, 0.6) is 11.5 Å². The van der Waals surface area contributed by atoms with Crippen LogP contribution in [0, 0.1) is 22.0 Å². The highest BCUT2D eigenvalue weighted by Gasteiger charge is 2.27. The van der Waals surface area contributed by atoms with Crippen molar-refractivity contribution in [3.63, 3.8) is 0 Å². The second-order valence-electron chi connectivity index (χ2n) is 9.10. The van der Waals surface area contributed by atoms with Crippen molar-refractivity contribution in [2.75, 3.05) is 30.4 Å². The van der Waals surface area contributed by atoms with Gasteiger partial charge in [0.1, 0.15) is 13.2 Å². The van der Waals surface area contributed by atoms with Gasteiger partial charge in [0.2, 0.25) is 5.91 Å². The van der Waals surface area contributed by atoms with E-state index in [1.165, 1.54) is 18.6 Å². The fourth-order valence-corrected chi connectivity index (χ4v) is 4.55. The third-order valence-electron chi connectivity index (χ3n) is 6.76. The Morgan fingerprint density at radius 2 is 1.80 bits per heavy atom. The van der Waals surface area contributed by atoms with Gasteiger partial charge in [-0.3, -0.25) is 19.7 Å². The third-order valence-corrected chi connectivity index (χ3v) is 6.76. The second-order valence-corrected chi connectivity index (χ2v) is 9.10. The highest BCUT2D eigenvalue weighted by molar-refractivity contribution is 6.10. The number of benzene rings is 2. The van der Waals surface area contributed by atoms with Gasteiger partial charge in [-0.05, 0) is 36.5 Å². The van der Waals surface area contributed by atoms with Crippen molar-refractivity contribution in [3.8, 4) is 11.5 Å². The van der Waals surface area contributed by atoms with Crippen LogP contribution in [-0.2, 0) is 4.79 Å². The van der Waals surface area contributed by atoms with Crippen molar-refractivity contribution in [2.45, 2.75) is 39.2 Å². The average molecular weight is 483 g/mol. The van der Waals surface area contributed by atoms with Gasteiger partial charge in [-0.15, -0.1) is 0 Å². The standard InChI is InChI=1S/C25H30N4O6/c1-15-4-3-5-20(16(15)2)26-14-24(30)28-21-8-7-18(29(32)33)13-19(21)25(31)27-17-6-9-22-23(12-17)35-11-10-34-22/h6-9,12-13,15-16,20,26H,3-5,10-11,14H2,1-2H3,(H,27,31)(H,28,30). The maximum atomic E-state index is 13.1. The number of rotatable bonds is 7. The Bertz CT molecular complexity index is 1120. The van der Waals surface area contributed by atoms with Crippen molar-refractivity contribution in [2.24, 2.45) is 11.8 Å². The summed E-state index contributed by atoms with van der Waals surface area (Å²) in [4.78, 5) is 36.5. The smallest absolute Gasteiger partial charge is 0.270 e. The van der Waals surface area contributed by atoms with Crippen LogP contribution in [0.2, 0.25) is 0 Å². The molecule has 3 unspecified atom stereocenters. The SMILES string of the molecule is CC1CCCC(NCC(=O)Nc2ccc([N+](=O)[O-])cc2C(=O)Nc2ccc3c(c2)OCCO3)C1C. The van der Waals surface area contributed by atoms with E-state index < -0.39 is 10.8 Å². The van der Waals surface area contributed by atoms with Gasteiger partial charge in [0, 0.05) is 29.9 Å². The molecule has 3 atom stereocenters. The zero-order chi connectivity index (χ0) is 24.9. The molecule has 1 heterocycles. The first kappa shape index (κ1) is 24.5. The predicted octanol–water partition coefficient (Wildman–Crippen LogP) is 3.97. The van der Waals surface area contributed by atoms with Gasteiger partial charge in [0.25, 0.3) is 11.6 Å². The van der Waals surface area contributed by atoms with Crippen LogP contribution in [0.25, 0.3) is 0 Å². The lowest BCUT2D eigenvalue weighted by Crippen LogP contribution is -2.43. The molecule has 4 rings (SSSR count). The fraction of sp³-hybridized carbons (Fsp3) is 0.440. The predicted molar refractivity (Wildman–Crippen MR) is 131 cm³/mol. The van der Waals surface area contributed by atoms with E-state index in [4.69, 9.17) is 9.47 Å². The molecule has 2 aromatic rings. The first-order valence-corrected chi connectivity index (χ1v) is 11.8. The third kappa shape index (κ3) is 5.89. The van der Waals surface area contributed by atoms with Crippen LogP contribution in [0.15, 0.2) is 36.4 Å². The number of nitrogens with one attached hydrogen (secondary N) is 3. The van der Waals surface area contributed by atoms with E-state index in [9.17, 15) is 19.7 Å². The lowest BCUT2D eigenvalue weighted by molar-refractivity contribution is -0.384. The number of anilines is 2. The number of fused-ring (bicyclic) bond motifs is 1. The van der Waals surface area contributed by atoms with Gasteiger partial charge in [-0.1, -0.05) is 26.7 Å². The van der Waals surface area contributed by atoms with E-state index in [1.54, 1.807) is 18.2 Å². The Hall–Kier alpha value is -3.66. The largest absolute Gasteiger partial charge is 0.486 e. The molecule has 2 aliphatic rings. The second kappa shape index (κ2) is 10.7. The Balaban J connectivity index is 1.47. The minimum absolute atomic E-state index is 0.0119. The minimum Gasteiger partial charge on any atom is -0.486 e. The summed E-state index contributed by atoms with van der Waals surface area (Å²) in [6.07, 6.45) is 3.33. The molecule has 186 valence electrons. The molecule has 0 saturated heterocycles. The molecule has 10 nitrogen and oxygen atoms in total. The number of ether oxygens (including phenoxy) is 2. The highest BCUT2D eigenvalue weighted by Crippen LogP contribution is 2.33. The van der Waals surface area contributed by atoms with Gasteiger partial charge in [0.15, 0.2) is 11.5 Å². The molecule has 0 bridgehead atoms. The van der Waals surface area contributed by atoms with E-state index in [-0.39, 0.29) is 35.4 Å². The van der Waals surface area contributed by atoms with Crippen LogP contribution in [0.1, 0.15) is 43.5 Å². The summed E-state index contributed by atoms with van der Waals surface area (Å²) in [6.45, 7) is 5.35. The Labute approximate surface area is 203 Å². The fourth-order valence-electron chi connectivity index (χ4n) is 4.55. The van der Waals surface area contributed by atoms with Gasteiger partial charge < -0.3 is 25.4 Å². The van der Waals surface area contributed by atoms with E-state index >= 15 is 0 Å². The van der Waals surface area contributed by atoms with Crippen LogP contribution >= 0.6 is 0 Å². The van der Waals surface area contributed by atoms with Crippen molar-refractivity contribution in [1.29, 1.82) is 0 Å². The van der Waals surface area contributed by atoms with Crippen LogP contribution in [0.4, 0.5) is 17.1 Å². The summed E-state index contributed by atoms with van der Waals surface area (Å²) in [5.74, 6) is 1.21. The number of non-ortho nitro benzene ring substituents is 1. The summed E-state index contributed by atoms with van der Waals surface area (Å²) >= 11 is 0. The lowest BCUT2D eigenvalue weighted by Gasteiger charge is -2.34. The van der Waals surface area contributed by atoms with Crippen LogP contribution < -0.4 is 25.4 Å². The summed E-state index contributed by atoms with van der Waals surface area (Å²) < 4.78 is 11.0. The van der Waals surface area contributed by atoms with Gasteiger partial charge in [0.05, 0.1) is 22.7 Å². The number of amides is 2. The maximum absolute atomic E-state index is 13.1. The Morgan fingerprint density at radius 3 is 2.57 bits per heavy atom. The van der Waals surface area contributed by atoms with Crippen LogP contribution in [0.3, 0.4) is 0 Å². The first-order valence-electron chi connectivity index (χ1n) is 11.8.